The van der Waals surface area contributed by atoms with Crippen molar-refractivity contribution < 1.29 is 0 Å². The van der Waals surface area contributed by atoms with Crippen molar-refractivity contribution in [3.05, 3.63) is 135 Å². The van der Waals surface area contributed by atoms with Crippen LogP contribution in [0, 0.1) is 0 Å². The van der Waals surface area contributed by atoms with E-state index in [2.05, 4.69) is 148 Å². The molecular formula is C36H22N8. The number of aromatic nitrogens is 8. The van der Waals surface area contributed by atoms with Gasteiger partial charge >= 0.3 is 0 Å². The number of para-hydroxylation sites is 2. The van der Waals surface area contributed by atoms with E-state index in [0.717, 1.165) is 44.6 Å². The number of benzene rings is 5. The Morgan fingerprint density at radius 3 is 1.16 bits per heavy atom. The maximum absolute atomic E-state index is 4.31. The number of hydrogen-bond acceptors (Lipinski definition) is 6. The SMILES string of the molecule is c1ccc2c(c1)c1cc3c(cc1n2-c1ccc(-c2ncncn2)cc1)c1ccccc1n3-c1ccc(-c2ncncn2)cc1. The largest absolute Gasteiger partial charge is 0.309 e. The van der Waals surface area contributed by atoms with Gasteiger partial charge in [0.1, 0.15) is 25.3 Å². The molecule has 0 spiro atoms. The Kier molecular flexibility index (Phi) is 5.33. The summed E-state index contributed by atoms with van der Waals surface area (Å²) in [5.41, 5.74) is 8.66. The van der Waals surface area contributed by atoms with Crippen LogP contribution in [0.3, 0.4) is 0 Å². The van der Waals surface area contributed by atoms with Gasteiger partial charge in [-0.25, -0.2) is 29.9 Å². The highest BCUT2D eigenvalue weighted by atomic mass is 15.0. The van der Waals surface area contributed by atoms with Crippen LogP contribution in [0.2, 0.25) is 0 Å². The minimum absolute atomic E-state index is 0.657. The summed E-state index contributed by atoms with van der Waals surface area (Å²) < 4.78 is 4.69. The van der Waals surface area contributed by atoms with E-state index in [9.17, 15) is 0 Å². The topological polar surface area (TPSA) is 87.2 Å². The molecule has 0 saturated heterocycles. The van der Waals surface area contributed by atoms with Crippen LogP contribution < -0.4 is 0 Å². The van der Waals surface area contributed by atoms with E-state index in [1.807, 2.05) is 0 Å². The molecule has 0 fully saturated rings. The first-order chi connectivity index (χ1) is 21.8. The Hall–Kier alpha value is -6.28. The van der Waals surface area contributed by atoms with Crippen molar-refractivity contribution in [2.75, 3.05) is 0 Å². The van der Waals surface area contributed by atoms with Crippen LogP contribution in [-0.2, 0) is 0 Å². The van der Waals surface area contributed by atoms with E-state index < -0.39 is 0 Å². The quantitative estimate of drug-likeness (QED) is 0.218. The van der Waals surface area contributed by atoms with Crippen LogP contribution in [-0.4, -0.2) is 39.0 Å². The molecule has 5 aromatic carbocycles. The third-order valence-electron chi connectivity index (χ3n) is 8.22. The molecule has 0 radical (unpaired) electrons. The number of hydrogen-bond donors (Lipinski definition) is 0. The average Bonchev–Trinajstić information content (AvgIpc) is 3.60. The Balaban J connectivity index is 1.28. The zero-order valence-electron chi connectivity index (χ0n) is 23.3. The standard InChI is InChI=1S/C36H22N8/c1-3-7-31-27(5-1)29-17-34-30(18-33(29)43(31)25-13-9-23(10-14-25)35-39-19-37-20-40-35)28-6-2-4-8-32(28)44(34)26-15-11-24(12-16-26)36-41-21-38-22-42-36/h1-22H. The molecule has 4 heterocycles. The lowest BCUT2D eigenvalue weighted by atomic mass is 10.1. The fraction of sp³-hybridized carbons (Fsp3) is 0. The molecule has 0 N–H and O–H groups in total. The fourth-order valence-corrected chi connectivity index (χ4v) is 6.28. The molecule has 0 atom stereocenters. The summed E-state index contributed by atoms with van der Waals surface area (Å²) >= 11 is 0. The van der Waals surface area contributed by atoms with Crippen molar-refractivity contribution in [3.63, 3.8) is 0 Å². The van der Waals surface area contributed by atoms with Gasteiger partial charge in [0, 0.05) is 44.0 Å². The molecule has 0 saturated carbocycles. The summed E-state index contributed by atoms with van der Waals surface area (Å²) in [6.07, 6.45) is 6.09. The molecule has 0 aliphatic carbocycles. The minimum atomic E-state index is 0.657. The van der Waals surface area contributed by atoms with Crippen molar-refractivity contribution >= 4 is 43.6 Å². The van der Waals surface area contributed by atoms with Crippen molar-refractivity contribution in [1.29, 1.82) is 0 Å². The smallest absolute Gasteiger partial charge is 0.162 e. The third kappa shape index (κ3) is 3.71. The van der Waals surface area contributed by atoms with Gasteiger partial charge < -0.3 is 9.13 Å². The van der Waals surface area contributed by atoms with Crippen LogP contribution in [0.4, 0.5) is 0 Å². The van der Waals surface area contributed by atoms with Crippen LogP contribution >= 0.6 is 0 Å². The van der Waals surface area contributed by atoms with Crippen molar-refractivity contribution in [1.82, 2.24) is 39.0 Å². The van der Waals surface area contributed by atoms with Gasteiger partial charge in [-0.2, -0.15) is 0 Å². The lowest BCUT2D eigenvalue weighted by Gasteiger charge is -2.10. The lowest BCUT2D eigenvalue weighted by Crippen LogP contribution is -1.96. The number of fused-ring (bicyclic) bond motifs is 6. The Morgan fingerprint density at radius 2 is 0.750 bits per heavy atom. The highest BCUT2D eigenvalue weighted by molar-refractivity contribution is 6.19. The second kappa shape index (κ2) is 9.64. The van der Waals surface area contributed by atoms with Crippen LogP contribution in [0.25, 0.3) is 77.8 Å². The van der Waals surface area contributed by atoms with E-state index in [1.165, 1.54) is 46.9 Å². The van der Waals surface area contributed by atoms with Crippen molar-refractivity contribution in [2.45, 2.75) is 0 Å². The summed E-state index contributed by atoms with van der Waals surface area (Å²) in [6, 6.07) is 38.7. The Bertz CT molecular complexity index is 2290. The molecule has 206 valence electrons. The molecule has 9 aromatic rings. The summed E-state index contributed by atoms with van der Waals surface area (Å²) in [6.45, 7) is 0. The average molecular weight is 567 g/mol. The maximum Gasteiger partial charge on any atom is 0.162 e. The van der Waals surface area contributed by atoms with Crippen LogP contribution in [0.5, 0.6) is 0 Å². The van der Waals surface area contributed by atoms with E-state index >= 15 is 0 Å². The van der Waals surface area contributed by atoms with E-state index in [4.69, 9.17) is 0 Å². The molecule has 0 unspecified atom stereocenters. The Morgan fingerprint density at radius 1 is 0.364 bits per heavy atom. The molecule has 0 aliphatic rings. The van der Waals surface area contributed by atoms with Gasteiger partial charge in [0.25, 0.3) is 0 Å². The molecule has 0 aliphatic heterocycles. The van der Waals surface area contributed by atoms with E-state index in [-0.39, 0.29) is 0 Å². The predicted molar refractivity (Wildman–Crippen MR) is 173 cm³/mol. The van der Waals surface area contributed by atoms with Gasteiger partial charge in [-0.05, 0) is 72.8 Å². The normalized spacial score (nSPS) is 11.6. The number of nitrogens with zero attached hydrogens (tertiary/aromatic N) is 8. The first-order valence-corrected chi connectivity index (χ1v) is 14.3. The first-order valence-electron chi connectivity index (χ1n) is 14.3. The van der Waals surface area contributed by atoms with Crippen molar-refractivity contribution in [3.8, 4) is 34.2 Å². The van der Waals surface area contributed by atoms with Crippen LogP contribution in [0.1, 0.15) is 0 Å². The molecular weight excluding hydrogens is 544 g/mol. The van der Waals surface area contributed by atoms with Gasteiger partial charge in [-0.15, -0.1) is 0 Å². The second-order valence-electron chi connectivity index (χ2n) is 10.6. The Labute approximate surface area is 251 Å². The van der Waals surface area contributed by atoms with Crippen molar-refractivity contribution in [2.24, 2.45) is 0 Å². The highest BCUT2D eigenvalue weighted by Gasteiger charge is 2.18. The van der Waals surface area contributed by atoms with Gasteiger partial charge in [0.15, 0.2) is 11.6 Å². The van der Waals surface area contributed by atoms with E-state index in [1.54, 1.807) is 0 Å². The van der Waals surface area contributed by atoms with E-state index in [0.29, 0.717) is 11.6 Å². The van der Waals surface area contributed by atoms with Gasteiger partial charge in [-0.1, -0.05) is 36.4 Å². The van der Waals surface area contributed by atoms with Gasteiger partial charge in [0.05, 0.1) is 22.1 Å². The van der Waals surface area contributed by atoms with Crippen LogP contribution in [0.15, 0.2) is 135 Å². The van der Waals surface area contributed by atoms with Gasteiger partial charge in [-0.3, -0.25) is 0 Å². The summed E-state index contributed by atoms with van der Waals surface area (Å²) in [5.74, 6) is 1.31. The summed E-state index contributed by atoms with van der Waals surface area (Å²) in [5, 5.41) is 4.79. The number of rotatable bonds is 4. The summed E-state index contributed by atoms with van der Waals surface area (Å²) in [4.78, 5) is 25.1. The lowest BCUT2D eigenvalue weighted by molar-refractivity contribution is 1.05. The molecule has 8 heteroatoms. The highest BCUT2D eigenvalue weighted by Crippen LogP contribution is 2.39. The molecule has 44 heavy (non-hydrogen) atoms. The second-order valence-corrected chi connectivity index (χ2v) is 10.6. The van der Waals surface area contributed by atoms with Gasteiger partial charge in [0.2, 0.25) is 0 Å². The molecule has 0 bridgehead atoms. The molecule has 0 amide bonds. The first kappa shape index (κ1) is 24.3. The third-order valence-corrected chi connectivity index (χ3v) is 8.22. The zero-order valence-corrected chi connectivity index (χ0v) is 23.3. The summed E-state index contributed by atoms with van der Waals surface area (Å²) in [7, 11) is 0. The minimum Gasteiger partial charge on any atom is -0.309 e. The predicted octanol–water partition coefficient (Wildman–Crippen LogP) is 7.58. The molecule has 8 nitrogen and oxygen atoms in total. The fourth-order valence-electron chi connectivity index (χ4n) is 6.28. The zero-order chi connectivity index (χ0) is 29.0. The molecule has 9 rings (SSSR count). The molecule has 4 aromatic heterocycles. The maximum atomic E-state index is 4.31. The monoisotopic (exact) mass is 566 g/mol.